The van der Waals surface area contributed by atoms with Crippen LogP contribution in [0.25, 0.3) is 0 Å². The van der Waals surface area contributed by atoms with Crippen molar-refractivity contribution in [2.24, 2.45) is 5.41 Å². The zero-order valence-electron chi connectivity index (χ0n) is 12.0. The molecule has 1 unspecified atom stereocenters. The van der Waals surface area contributed by atoms with Crippen LogP contribution in [-0.2, 0) is 19.4 Å². The predicted molar refractivity (Wildman–Crippen MR) is 71.1 cm³/mol. The maximum absolute atomic E-state index is 4.57. The Morgan fingerprint density at radius 1 is 1.24 bits per heavy atom. The van der Waals surface area contributed by atoms with E-state index in [-0.39, 0.29) is 5.41 Å². The van der Waals surface area contributed by atoms with Crippen LogP contribution >= 0.6 is 0 Å². The van der Waals surface area contributed by atoms with E-state index in [1.165, 1.54) is 0 Å². The summed E-state index contributed by atoms with van der Waals surface area (Å²) in [6, 6.07) is 0.402. The number of likely N-dealkylation sites (N-methyl/N-ethyl adjacent to an activating group) is 1. The van der Waals surface area contributed by atoms with Crippen LogP contribution in [0.4, 0.5) is 0 Å². The van der Waals surface area contributed by atoms with Crippen molar-refractivity contribution in [3.8, 4) is 0 Å². The summed E-state index contributed by atoms with van der Waals surface area (Å²) in [7, 11) is 2.01. The van der Waals surface area contributed by atoms with Crippen LogP contribution in [0.1, 0.15) is 46.3 Å². The second kappa shape index (κ2) is 5.63. The van der Waals surface area contributed by atoms with Gasteiger partial charge in [-0.1, -0.05) is 34.6 Å². The molecule has 4 nitrogen and oxygen atoms in total. The van der Waals surface area contributed by atoms with Crippen molar-refractivity contribution in [2.45, 2.75) is 60.0 Å². The standard InChI is InChI=1S/C13H26N4/c1-7-11-15-12(8-2)17(16-11)9-10(14-6)13(3,4)5/h10,14H,7-9H2,1-6H3. The molecule has 0 spiro atoms. The minimum Gasteiger partial charge on any atom is -0.315 e. The van der Waals surface area contributed by atoms with E-state index in [1.807, 2.05) is 7.05 Å². The van der Waals surface area contributed by atoms with Crippen molar-refractivity contribution in [3.05, 3.63) is 11.6 Å². The Morgan fingerprint density at radius 3 is 2.29 bits per heavy atom. The minimum absolute atomic E-state index is 0.220. The molecule has 0 amide bonds. The van der Waals surface area contributed by atoms with Crippen molar-refractivity contribution >= 4 is 0 Å². The molecule has 1 atom stereocenters. The summed E-state index contributed by atoms with van der Waals surface area (Å²) in [6.45, 7) is 11.9. The lowest BCUT2D eigenvalue weighted by molar-refractivity contribution is 0.245. The first-order valence-corrected chi connectivity index (χ1v) is 6.52. The molecule has 17 heavy (non-hydrogen) atoms. The highest BCUT2D eigenvalue weighted by Gasteiger charge is 2.24. The molecule has 0 aromatic carbocycles. The van der Waals surface area contributed by atoms with E-state index in [0.717, 1.165) is 31.0 Å². The first kappa shape index (κ1) is 14.2. The second-order valence-electron chi connectivity index (χ2n) is 5.54. The maximum atomic E-state index is 4.57. The van der Waals surface area contributed by atoms with E-state index >= 15 is 0 Å². The van der Waals surface area contributed by atoms with E-state index in [2.05, 4.69) is 54.7 Å². The summed E-state index contributed by atoms with van der Waals surface area (Å²) in [4.78, 5) is 4.54. The van der Waals surface area contributed by atoms with E-state index in [1.54, 1.807) is 0 Å². The largest absolute Gasteiger partial charge is 0.315 e. The van der Waals surface area contributed by atoms with Gasteiger partial charge in [-0.05, 0) is 12.5 Å². The Kier molecular flexibility index (Phi) is 4.69. The van der Waals surface area contributed by atoms with Crippen LogP contribution in [0.15, 0.2) is 0 Å². The molecule has 98 valence electrons. The van der Waals surface area contributed by atoms with Crippen LogP contribution in [0.3, 0.4) is 0 Å². The normalized spacial score (nSPS) is 14.0. The van der Waals surface area contributed by atoms with E-state index in [9.17, 15) is 0 Å². The third-order valence-electron chi connectivity index (χ3n) is 3.17. The number of rotatable bonds is 5. The van der Waals surface area contributed by atoms with Crippen molar-refractivity contribution in [2.75, 3.05) is 7.05 Å². The summed E-state index contributed by atoms with van der Waals surface area (Å²) in [5.74, 6) is 2.04. The van der Waals surface area contributed by atoms with E-state index < -0.39 is 0 Å². The van der Waals surface area contributed by atoms with Crippen LogP contribution in [0.2, 0.25) is 0 Å². The predicted octanol–water partition coefficient (Wildman–Crippen LogP) is 2.04. The molecule has 0 radical (unpaired) electrons. The number of nitrogens with zero attached hydrogens (tertiary/aromatic N) is 3. The number of hydrogen-bond donors (Lipinski definition) is 1. The van der Waals surface area contributed by atoms with Gasteiger partial charge in [0, 0.05) is 18.9 Å². The Morgan fingerprint density at radius 2 is 1.88 bits per heavy atom. The fourth-order valence-corrected chi connectivity index (χ4v) is 1.95. The maximum Gasteiger partial charge on any atom is 0.150 e. The zero-order valence-corrected chi connectivity index (χ0v) is 12.0. The van der Waals surface area contributed by atoms with Crippen LogP contribution in [-0.4, -0.2) is 27.9 Å². The van der Waals surface area contributed by atoms with E-state index in [4.69, 9.17) is 0 Å². The first-order valence-electron chi connectivity index (χ1n) is 6.52. The SMILES string of the molecule is CCc1nc(CC)n(CC(NC)C(C)(C)C)n1. The van der Waals surface area contributed by atoms with Crippen molar-refractivity contribution in [1.29, 1.82) is 0 Å². The first-order chi connectivity index (χ1) is 7.92. The molecule has 0 saturated carbocycles. The number of hydrogen-bond acceptors (Lipinski definition) is 3. The zero-order chi connectivity index (χ0) is 13.1. The fraction of sp³-hybridized carbons (Fsp3) is 0.846. The Bertz CT molecular complexity index is 349. The second-order valence-corrected chi connectivity index (χ2v) is 5.54. The lowest BCUT2D eigenvalue weighted by atomic mass is 9.87. The number of nitrogens with one attached hydrogen (secondary N) is 1. The lowest BCUT2D eigenvalue weighted by Crippen LogP contribution is -2.42. The Labute approximate surface area is 105 Å². The van der Waals surface area contributed by atoms with E-state index in [0.29, 0.717) is 6.04 Å². The molecular weight excluding hydrogens is 212 g/mol. The van der Waals surface area contributed by atoms with Crippen LogP contribution in [0, 0.1) is 5.41 Å². The fourth-order valence-electron chi connectivity index (χ4n) is 1.95. The van der Waals surface area contributed by atoms with Gasteiger partial charge in [0.15, 0.2) is 5.82 Å². The highest BCUT2D eigenvalue weighted by molar-refractivity contribution is 4.94. The van der Waals surface area contributed by atoms with Gasteiger partial charge in [-0.15, -0.1) is 0 Å². The lowest BCUT2D eigenvalue weighted by Gasteiger charge is -2.30. The van der Waals surface area contributed by atoms with Crippen molar-refractivity contribution in [1.82, 2.24) is 20.1 Å². The molecule has 0 aliphatic rings. The summed E-state index contributed by atoms with van der Waals surface area (Å²) >= 11 is 0. The summed E-state index contributed by atoms with van der Waals surface area (Å²) in [5, 5.41) is 7.95. The quantitative estimate of drug-likeness (QED) is 0.853. The summed E-state index contributed by atoms with van der Waals surface area (Å²) in [6.07, 6.45) is 1.84. The smallest absolute Gasteiger partial charge is 0.150 e. The van der Waals surface area contributed by atoms with Gasteiger partial charge in [-0.25, -0.2) is 9.67 Å². The van der Waals surface area contributed by atoms with Crippen molar-refractivity contribution in [3.63, 3.8) is 0 Å². The minimum atomic E-state index is 0.220. The topological polar surface area (TPSA) is 42.7 Å². The molecule has 1 N–H and O–H groups in total. The van der Waals surface area contributed by atoms with Gasteiger partial charge in [0.2, 0.25) is 0 Å². The third kappa shape index (κ3) is 3.53. The monoisotopic (exact) mass is 238 g/mol. The average molecular weight is 238 g/mol. The number of aromatic nitrogens is 3. The highest BCUT2D eigenvalue weighted by Crippen LogP contribution is 2.20. The molecule has 0 aliphatic heterocycles. The van der Waals surface area contributed by atoms with Gasteiger partial charge in [0.25, 0.3) is 0 Å². The molecule has 1 heterocycles. The van der Waals surface area contributed by atoms with Gasteiger partial charge in [-0.2, -0.15) is 5.10 Å². The van der Waals surface area contributed by atoms with Crippen LogP contribution in [0.5, 0.6) is 0 Å². The van der Waals surface area contributed by atoms with Gasteiger partial charge >= 0.3 is 0 Å². The molecular formula is C13H26N4. The molecule has 0 aliphatic carbocycles. The van der Waals surface area contributed by atoms with Gasteiger partial charge < -0.3 is 5.32 Å². The highest BCUT2D eigenvalue weighted by atomic mass is 15.4. The molecule has 0 fully saturated rings. The van der Waals surface area contributed by atoms with Crippen molar-refractivity contribution < 1.29 is 0 Å². The molecule has 1 aromatic heterocycles. The summed E-state index contributed by atoms with van der Waals surface area (Å²) < 4.78 is 2.06. The molecule has 1 rings (SSSR count). The summed E-state index contributed by atoms with van der Waals surface area (Å²) in [5.41, 5.74) is 0.220. The molecule has 1 aromatic rings. The average Bonchev–Trinajstić information content (AvgIpc) is 2.66. The Hall–Kier alpha value is -0.900. The number of aryl methyl sites for hydroxylation is 2. The molecule has 0 bridgehead atoms. The van der Waals surface area contributed by atoms with Gasteiger partial charge in [0.05, 0.1) is 6.54 Å². The Balaban J connectivity index is 2.89. The van der Waals surface area contributed by atoms with Gasteiger partial charge in [0.1, 0.15) is 5.82 Å². The van der Waals surface area contributed by atoms with Gasteiger partial charge in [-0.3, -0.25) is 0 Å². The van der Waals surface area contributed by atoms with Crippen LogP contribution < -0.4 is 5.32 Å². The molecule has 4 heteroatoms. The molecule has 0 saturated heterocycles. The third-order valence-corrected chi connectivity index (χ3v) is 3.17.